The van der Waals surface area contributed by atoms with Crippen molar-refractivity contribution in [2.24, 2.45) is 0 Å². The molecule has 21 heavy (non-hydrogen) atoms. The number of thiazole rings is 1. The molecule has 2 nitrogen and oxygen atoms in total. The van der Waals surface area contributed by atoms with Crippen molar-refractivity contribution in [3.05, 3.63) is 64.0 Å². The molecule has 0 aliphatic rings. The summed E-state index contributed by atoms with van der Waals surface area (Å²) in [5.41, 5.74) is 4.39. The molecule has 0 amide bonds. The van der Waals surface area contributed by atoms with Gasteiger partial charge in [0.2, 0.25) is 0 Å². The second-order valence-electron chi connectivity index (χ2n) is 4.87. The molecule has 0 aliphatic heterocycles. The van der Waals surface area contributed by atoms with Crippen LogP contribution in [0.4, 0.5) is 10.8 Å². The van der Waals surface area contributed by atoms with Gasteiger partial charge in [0.15, 0.2) is 5.13 Å². The fourth-order valence-corrected chi connectivity index (χ4v) is 3.13. The fourth-order valence-electron chi connectivity index (χ4n) is 2.15. The summed E-state index contributed by atoms with van der Waals surface area (Å²) in [5.74, 6) is 0. The van der Waals surface area contributed by atoms with Crippen LogP contribution < -0.4 is 5.32 Å². The molecule has 3 aromatic rings. The van der Waals surface area contributed by atoms with E-state index in [4.69, 9.17) is 16.6 Å². The molecule has 0 aliphatic carbocycles. The number of nitrogens with one attached hydrogen (secondary N) is 1. The molecule has 0 bridgehead atoms. The van der Waals surface area contributed by atoms with Crippen molar-refractivity contribution in [1.29, 1.82) is 0 Å². The Morgan fingerprint density at radius 1 is 1.00 bits per heavy atom. The normalized spacial score (nSPS) is 10.6. The van der Waals surface area contributed by atoms with E-state index in [1.807, 2.05) is 36.4 Å². The summed E-state index contributed by atoms with van der Waals surface area (Å²) in [4.78, 5) is 5.90. The molecule has 0 atom stereocenters. The monoisotopic (exact) mass is 314 g/mol. The van der Waals surface area contributed by atoms with E-state index in [2.05, 4.69) is 31.3 Å². The van der Waals surface area contributed by atoms with Crippen molar-refractivity contribution >= 4 is 33.8 Å². The van der Waals surface area contributed by atoms with Crippen LogP contribution in [0.1, 0.15) is 10.4 Å². The molecule has 1 heterocycles. The molecular formula is C17H15ClN2S. The summed E-state index contributed by atoms with van der Waals surface area (Å²) in [6.45, 7) is 4.17. The van der Waals surface area contributed by atoms with E-state index in [-0.39, 0.29) is 0 Å². The summed E-state index contributed by atoms with van der Waals surface area (Å²) in [5, 5.41) is 5.05. The SMILES string of the molecule is Cc1ccccc1Nc1nc(-c2ccc(Cl)cc2)c(C)s1. The number of para-hydroxylation sites is 1. The zero-order chi connectivity index (χ0) is 14.8. The lowest BCUT2D eigenvalue weighted by Gasteiger charge is -2.05. The molecule has 0 saturated carbocycles. The van der Waals surface area contributed by atoms with Crippen LogP contribution in [0.25, 0.3) is 11.3 Å². The molecule has 4 heteroatoms. The van der Waals surface area contributed by atoms with Crippen LogP contribution in [0.3, 0.4) is 0 Å². The standard InChI is InChI=1S/C17H15ClN2S/c1-11-5-3-4-6-15(11)19-17-20-16(12(2)21-17)13-7-9-14(18)10-8-13/h3-10H,1-2H3,(H,19,20). The van der Waals surface area contributed by atoms with Gasteiger partial charge in [-0.15, -0.1) is 11.3 Å². The topological polar surface area (TPSA) is 24.9 Å². The minimum absolute atomic E-state index is 0.741. The van der Waals surface area contributed by atoms with Gasteiger partial charge < -0.3 is 5.32 Å². The summed E-state index contributed by atoms with van der Waals surface area (Å²) in [6.07, 6.45) is 0. The molecule has 3 rings (SSSR count). The highest BCUT2D eigenvalue weighted by Crippen LogP contribution is 2.32. The van der Waals surface area contributed by atoms with Gasteiger partial charge in [-0.2, -0.15) is 0 Å². The Bertz CT molecular complexity index is 763. The zero-order valence-corrected chi connectivity index (χ0v) is 13.4. The number of hydrogen-bond donors (Lipinski definition) is 1. The maximum atomic E-state index is 5.94. The number of rotatable bonds is 3. The van der Waals surface area contributed by atoms with Gasteiger partial charge in [0, 0.05) is 21.2 Å². The second-order valence-corrected chi connectivity index (χ2v) is 6.51. The third-order valence-corrected chi connectivity index (χ3v) is 4.44. The van der Waals surface area contributed by atoms with Crippen molar-refractivity contribution in [3.63, 3.8) is 0 Å². The minimum atomic E-state index is 0.741. The number of aryl methyl sites for hydroxylation is 2. The number of halogens is 1. The summed E-state index contributed by atoms with van der Waals surface area (Å²) >= 11 is 7.60. The van der Waals surface area contributed by atoms with Crippen LogP contribution in [0.5, 0.6) is 0 Å². The van der Waals surface area contributed by atoms with Crippen molar-refractivity contribution in [2.75, 3.05) is 5.32 Å². The molecule has 2 aromatic carbocycles. The molecule has 0 radical (unpaired) electrons. The molecule has 1 N–H and O–H groups in total. The quantitative estimate of drug-likeness (QED) is 0.658. The average Bonchev–Trinajstić information content (AvgIpc) is 2.83. The predicted molar refractivity (Wildman–Crippen MR) is 91.8 cm³/mol. The van der Waals surface area contributed by atoms with E-state index < -0.39 is 0 Å². The van der Waals surface area contributed by atoms with Crippen molar-refractivity contribution in [1.82, 2.24) is 4.98 Å². The van der Waals surface area contributed by atoms with E-state index in [9.17, 15) is 0 Å². The Balaban J connectivity index is 1.91. The Kier molecular flexibility index (Phi) is 3.95. The summed E-state index contributed by atoms with van der Waals surface area (Å²) in [7, 11) is 0. The van der Waals surface area contributed by atoms with Gasteiger partial charge in [-0.1, -0.05) is 41.9 Å². The van der Waals surface area contributed by atoms with Crippen molar-refractivity contribution < 1.29 is 0 Å². The fraction of sp³-hybridized carbons (Fsp3) is 0.118. The third kappa shape index (κ3) is 3.09. The van der Waals surface area contributed by atoms with Crippen LogP contribution in [0, 0.1) is 13.8 Å². The number of hydrogen-bond acceptors (Lipinski definition) is 3. The number of anilines is 2. The maximum Gasteiger partial charge on any atom is 0.187 e. The molecule has 0 spiro atoms. The Morgan fingerprint density at radius 2 is 1.71 bits per heavy atom. The van der Waals surface area contributed by atoms with E-state index in [0.29, 0.717) is 0 Å². The smallest absolute Gasteiger partial charge is 0.187 e. The first kappa shape index (κ1) is 14.1. The molecule has 0 saturated heterocycles. The van der Waals surface area contributed by atoms with E-state index >= 15 is 0 Å². The van der Waals surface area contributed by atoms with Crippen LogP contribution >= 0.6 is 22.9 Å². The molecule has 106 valence electrons. The van der Waals surface area contributed by atoms with E-state index in [0.717, 1.165) is 27.1 Å². The third-order valence-electron chi connectivity index (χ3n) is 3.30. The lowest BCUT2D eigenvalue weighted by molar-refractivity contribution is 1.34. The largest absolute Gasteiger partial charge is 0.331 e. The highest BCUT2D eigenvalue weighted by atomic mass is 35.5. The van der Waals surface area contributed by atoms with Gasteiger partial charge in [-0.25, -0.2) is 4.98 Å². The van der Waals surface area contributed by atoms with Crippen LogP contribution in [0.15, 0.2) is 48.5 Å². The highest BCUT2D eigenvalue weighted by molar-refractivity contribution is 7.16. The van der Waals surface area contributed by atoms with E-state index in [1.165, 1.54) is 10.4 Å². The molecule has 1 aromatic heterocycles. The van der Waals surface area contributed by atoms with Gasteiger partial charge in [-0.05, 0) is 37.6 Å². The molecule has 0 fully saturated rings. The van der Waals surface area contributed by atoms with Crippen LogP contribution in [-0.4, -0.2) is 4.98 Å². The van der Waals surface area contributed by atoms with Crippen LogP contribution in [-0.2, 0) is 0 Å². The van der Waals surface area contributed by atoms with Gasteiger partial charge in [0.1, 0.15) is 0 Å². The Hall–Kier alpha value is -1.84. The van der Waals surface area contributed by atoms with Gasteiger partial charge in [0.25, 0.3) is 0 Å². The first-order chi connectivity index (χ1) is 10.1. The van der Waals surface area contributed by atoms with Crippen molar-refractivity contribution in [2.45, 2.75) is 13.8 Å². The number of aromatic nitrogens is 1. The Labute approximate surface area is 133 Å². The Morgan fingerprint density at radius 3 is 2.43 bits per heavy atom. The lowest BCUT2D eigenvalue weighted by atomic mass is 10.1. The second kappa shape index (κ2) is 5.88. The predicted octanol–water partition coefficient (Wildman–Crippen LogP) is 5.82. The first-order valence-electron chi connectivity index (χ1n) is 6.69. The maximum absolute atomic E-state index is 5.94. The number of benzene rings is 2. The molecular weight excluding hydrogens is 300 g/mol. The van der Waals surface area contributed by atoms with Crippen LogP contribution in [0.2, 0.25) is 5.02 Å². The van der Waals surface area contributed by atoms with Gasteiger partial charge in [-0.3, -0.25) is 0 Å². The van der Waals surface area contributed by atoms with Crippen molar-refractivity contribution in [3.8, 4) is 11.3 Å². The highest BCUT2D eigenvalue weighted by Gasteiger charge is 2.10. The lowest BCUT2D eigenvalue weighted by Crippen LogP contribution is -1.92. The minimum Gasteiger partial charge on any atom is -0.331 e. The number of nitrogens with zero attached hydrogens (tertiary/aromatic N) is 1. The first-order valence-corrected chi connectivity index (χ1v) is 7.89. The zero-order valence-electron chi connectivity index (χ0n) is 11.9. The molecule has 0 unspecified atom stereocenters. The van der Waals surface area contributed by atoms with Gasteiger partial charge in [0.05, 0.1) is 5.69 Å². The summed E-state index contributed by atoms with van der Waals surface area (Å²) < 4.78 is 0. The summed E-state index contributed by atoms with van der Waals surface area (Å²) in [6, 6.07) is 16.0. The van der Waals surface area contributed by atoms with Gasteiger partial charge >= 0.3 is 0 Å². The van der Waals surface area contributed by atoms with E-state index in [1.54, 1.807) is 11.3 Å². The average molecular weight is 315 g/mol.